The maximum atomic E-state index is 13.5. The van der Waals surface area contributed by atoms with E-state index in [1.54, 1.807) is 25.1 Å². The molecule has 0 radical (unpaired) electrons. The second kappa shape index (κ2) is 14.3. The van der Waals surface area contributed by atoms with E-state index in [-0.39, 0.29) is 28.9 Å². The van der Waals surface area contributed by atoms with Gasteiger partial charge in [0.15, 0.2) is 0 Å². The van der Waals surface area contributed by atoms with Crippen molar-refractivity contribution in [2.45, 2.75) is 95.1 Å². The fraction of sp³-hybridized carbons (Fsp3) is 0.658. The number of nitrogens with one attached hydrogen (secondary N) is 1. The number of ether oxygens (including phenoxy) is 1. The van der Waals surface area contributed by atoms with E-state index in [4.69, 9.17) is 16.3 Å². The molecular weight excluding hydrogens is 660 g/mol. The first-order chi connectivity index (χ1) is 23.2. The summed E-state index contributed by atoms with van der Waals surface area (Å²) < 4.78 is 35.8. The Hall–Kier alpha value is -2.37. The lowest BCUT2D eigenvalue weighted by atomic mass is 9.62. The number of aryl methyl sites for hydroxylation is 1. The molecule has 2 aromatic rings. The van der Waals surface area contributed by atoms with Crippen LogP contribution in [0, 0.1) is 17.8 Å². The number of aliphatic hydroxyl groups is 1. The van der Waals surface area contributed by atoms with Crippen molar-refractivity contribution in [2.75, 3.05) is 51.7 Å². The lowest BCUT2D eigenvalue weighted by Crippen LogP contribution is -2.70. The van der Waals surface area contributed by atoms with Crippen LogP contribution in [-0.4, -0.2) is 92.4 Å². The standard InChI is InChI=1S/C38H55ClN4O5S/c1-26-9-8-17-38(45,25-42-23-37(3,24-42)41(4)5)33-15-12-30(33)21-43-18-7-6-10-28-19-32(39)14-11-31(28)22-48-35-16-13-29(20-34(35)43)36(44)40-49(46,47)27(26)2/h11,13-14,16,19-20,26-27,30,33,45H,6-10,12,15,17-18,21-25H2,1-5H3,(H,40,44)/t26-,27+,30-,33+,38+/m0/s1. The lowest BCUT2D eigenvalue weighted by molar-refractivity contribution is -0.132. The first kappa shape index (κ1) is 36.4. The van der Waals surface area contributed by atoms with E-state index >= 15 is 0 Å². The molecule has 5 atom stereocenters. The molecule has 1 amide bonds. The van der Waals surface area contributed by atoms with Gasteiger partial charge < -0.3 is 19.6 Å². The Kier molecular flexibility index (Phi) is 10.7. The number of hydrogen-bond donors (Lipinski definition) is 2. The number of anilines is 1. The molecule has 49 heavy (non-hydrogen) atoms. The van der Waals surface area contributed by atoms with Crippen molar-refractivity contribution in [2.24, 2.45) is 17.8 Å². The molecule has 270 valence electrons. The zero-order valence-electron chi connectivity index (χ0n) is 29.9. The van der Waals surface area contributed by atoms with Crippen LogP contribution in [0.5, 0.6) is 5.75 Å². The highest BCUT2D eigenvalue weighted by molar-refractivity contribution is 7.90. The van der Waals surface area contributed by atoms with Crippen molar-refractivity contribution >= 4 is 33.2 Å². The molecule has 1 aliphatic carbocycles. The van der Waals surface area contributed by atoms with Crippen LogP contribution in [0.25, 0.3) is 0 Å². The Morgan fingerprint density at radius 2 is 1.82 bits per heavy atom. The van der Waals surface area contributed by atoms with E-state index < -0.39 is 26.8 Å². The van der Waals surface area contributed by atoms with Crippen LogP contribution in [0.3, 0.4) is 0 Å². The van der Waals surface area contributed by atoms with E-state index in [0.29, 0.717) is 36.8 Å². The van der Waals surface area contributed by atoms with Crippen LogP contribution in [0.15, 0.2) is 36.4 Å². The number of nitrogens with zero attached hydrogens (tertiary/aromatic N) is 3. The van der Waals surface area contributed by atoms with E-state index in [1.165, 1.54) is 5.56 Å². The van der Waals surface area contributed by atoms with Crippen LogP contribution in [0.2, 0.25) is 5.02 Å². The van der Waals surface area contributed by atoms with E-state index in [1.807, 2.05) is 25.1 Å². The molecule has 2 bridgehead atoms. The van der Waals surface area contributed by atoms with Crippen molar-refractivity contribution in [3.63, 3.8) is 0 Å². The smallest absolute Gasteiger partial charge is 0.264 e. The number of carbonyl (C=O) groups excluding carboxylic acids is 1. The van der Waals surface area contributed by atoms with Gasteiger partial charge in [0.2, 0.25) is 10.0 Å². The Labute approximate surface area is 298 Å². The topological polar surface area (TPSA) is 102 Å². The predicted octanol–water partition coefficient (Wildman–Crippen LogP) is 5.72. The molecule has 3 heterocycles. The summed E-state index contributed by atoms with van der Waals surface area (Å²) in [4.78, 5) is 20.5. The molecule has 9 nitrogen and oxygen atoms in total. The Morgan fingerprint density at radius 1 is 1.04 bits per heavy atom. The van der Waals surface area contributed by atoms with Gasteiger partial charge in [-0.1, -0.05) is 31.0 Å². The highest BCUT2D eigenvalue weighted by Crippen LogP contribution is 2.47. The van der Waals surface area contributed by atoms with Gasteiger partial charge >= 0.3 is 0 Å². The molecule has 6 rings (SSSR count). The third kappa shape index (κ3) is 7.78. The van der Waals surface area contributed by atoms with Crippen molar-refractivity contribution in [1.82, 2.24) is 14.5 Å². The van der Waals surface area contributed by atoms with E-state index in [9.17, 15) is 18.3 Å². The monoisotopic (exact) mass is 714 g/mol. The van der Waals surface area contributed by atoms with E-state index in [0.717, 1.165) is 76.0 Å². The summed E-state index contributed by atoms with van der Waals surface area (Å²) in [7, 11) is 0.303. The van der Waals surface area contributed by atoms with Gasteiger partial charge in [-0.2, -0.15) is 0 Å². The van der Waals surface area contributed by atoms with Crippen molar-refractivity contribution in [1.29, 1.82) is 0 Å². The van der Waals surface area contributed by atoms with Gasteiger partial charge in [0.05, 0.1) is 16.5 Å². The molecule has 0 aromatic heterocycles. The molecule has 1 saturated carbocycles. The number of amides is 1. The Bertz CT molecular complexity index is 1630. The summed E-state index contributed by atoms with van der Waals surface area (Å²) in [5.74, 6) is 0.249. The minimum atomic E-state index is -3.94. The second-order valence-corrected chi connectivity index (χ2v) is 18.4. The molecule has 11 heteroatoms. The van der Waals surface area contributed by atoms with Crippen LogP contribution in [0.1, 0.15) is 87.2 Å². The van der Waals surface area contributed by atoms with Gasteiger partial charge in [0, 0.05) is 48.8 Å². The predicted molar refractivity (Wildman–Crippen MR) is 196 cm³/mol. The summed E-state index contributed by atoms with van der Waals surface area (Å²) in [6, 6.07) is 11.2. The summed E-state index contributed by atoms with van der Waals surface area (Å²) in [5, 5.41) is 12.6. The number of fused-ring (bicyclic) bond motifs is 3. The molecular formula is C38H55ClN4O5S. The fourth-order valence-corrected chi connectivity index (χ4v) is 9.99. The number of halogens is 1. The summed E-state index contributed by atoms with van der Waals surface area (Å²) in [5.41, 5.74) is 2.56. The largest absolute Gasteiger partial charge is 0.487 e. The summed E-state index contributed by atoms with van der Waals surface area (Å²) >= 11 is 6.37. The maximum Gasteiger partial charge on any atom is 0.264 e. The van der Waals surface area contributed by atoms with Crippen LogP contribution < -0.4 is 14.4 Å². The first-order valence-corrected chi connectivity index (χ1v) is 20.1. The normalized spacial score (nSPS) is 30.8. The number of β-amino-alcohol motifs (C(OH)–C–C–N with tert-alkyl or cyclic N) is 1. The highest BCUT2D eigenvalue weighted by Gasteiger charge is 2.51. The summed E-state index contributed by atoms with van der Waals surface area (Å²) in [6.07, 6.45) is 6.77. The molecule has 1 saturated heterocycles. The van der Waals surface area contributed by atoms with Crippen molar-refractivity contribution in [3.8, 4) is 5.75 Å². The van der Waals surface area contributed by atoms with Crippen LogP contribution in [-0.2, 0) is 23.1 Å². The third-order valence-corrected chi connectivity index (χ3v) is 14.4. The zero-order valence-corrected chi connectivity index (χ0v) is 31.5. The quantitative estimate of drug-likeness (QED) is 0.417. The average Bonchev–Trinajstić information content (AvgIpc) is 3.04. The second-order valence-electron chi connectivity index (χ2n) is 15.9. The third-order valence-electron chi connectivity index (χ3n) is 12.3. The van der Waals surface area contributed by atoms with Gasteiger partial charge in [0.1, 0.15) is 12.4 Å². The Balaban J connectivity index is 1.35. The molecule has 2 fully saturated rings. The van der Waals surface area contributed by atoms with Gasteiger partial charge in [-0.25, -0.2) is 13.1 Å². The van der Waals surface area contributed by atoms with Crippen molar-refractivity contribution in [3.05, 3.63) is 58.1 Å². The number of hydrogen-bond acceptors (Lipinski definition) is 8. The van der Waals surface area contributed by atoms with Crippen molar-refractivity contribution < 1.29 is 23.1 Å². The fourth-order valence-electron chi connectivity index (χ4n) is 8.49. The van der Waals surface area contributed by atoms with Gasteiger partial charge in [-0.3, -0.25) is 9.69 Å². The number of likely N-dealkylation sites (tertiary alicyclic amines) is 1. The molecule has 3 aliphatic heterocycles. The lowest BCUT2D eigenvalue weighted by Gasteiger charge is -2.57. The van der Waals surface area contributed by atoms with Gasteiger partial charge in [-0.15, -0.1) is 0 Å². The molecule has 4 aliphatic rings. The minimum Gasteiger partial charge on any atom is -0.487 e. The molecule has 2 N–H and O–H groups in total. The number of benzene rings is 2. The van der Waals surface area contributed by atoms with Crippen LogP contribution >= 0.6 is 11.6 Å². The number of sulfonamides is 1. The molecule has 0 unspecified atom stereocenters. The number of rotatable bonds is 3. The zero-order chi connectivity index (χ0) is 35.1. The van der Waals surface area contributed by atoms with Gasteiger partial charge in [0.25, 0.3) is 5.91 Å². The Morgan fingerprint density at radius 3 is 2.53 bits per heavy atom. The number of likely N-dealkylation sites (N-methyl/N-ethyl adjacent to an activating group) is 1. The minimum absolute atomic E-state index is 0.101. The maximum absolute atomic E-state index is 13.5. The first-order valence-electron chi connectivity index (χ1n) is 18.1. The SMILES string of the molecule is C[C@@H]1[C@@H](C)CCC[C@@](O)(CN2CC(C)(N(C)C)C2)[C@@H]2CC[C@H]2CN2CCCCc3cc(Cl)ccc3COc3ccc(cc32)C(=O)NS1(=O)=O. The average molecular weight is 715 g/mol. The highest BCUT2D eigenvalue weighted by atomic mass is 35.5. The summed E-state index contributed by atoms with van der Waals surface area (Å²) in [6.45, 7) is 10.2. The van der Waals surface area contributed by atoms with E-state index in [2.05, 4.69) is 40.4 Å². The van der Waals surface area contributed by atoms with Gasteiger partial charge in [-0.05, 0) is 132 Å². The molecule has 2 aromatic carbocycles. The molecule has 0 spiro atoms. The number of carbonyl (C=O) groups is 1. The van der Waals surface area contributed by atoms with Crippen LogP contribution in [0.4, 0.5) is 5.69 Å².